The van der Waals surface area contributed by atoms with Crippen molar-refractivity contribution in [2.24, 2.45) is 5.41 Å². The molecule has 1 N–H and O–H groups in total. The normalized spacial score (nSPS) is 25.1. The Labute approximate surface area is 146 Å². The molecular weight excluding hydrogens is 338 g/mol. The van der Waals surface area contributed by atoms with Gasteiger partial charge in [0.1, 0.15) is 5.25 Å². The average molecular weight is 355 g/mol. The first-order valence-electron chi connectivity index (χ1n) is 7.92. The second kappa shape index (κ2) is 6.01. The molecule has 0 radical (unpaired) electrons. The van der Waals surface area contributed by atoms with Crippen LogP contribution in [0.1, 0.15) is 24.0 Å². The molecule has 2 aromatic rings. The van der Waals surface area contributed by atoms with Crippen molar-refractivity contribution < 1.29 is 18.3 Å². The molecule has 0 bridgehead atoms. The maximum Gasteiger partial charge on any atom is 0.326 e. The van der Waals surface area contributed by atoms with E-state index in [-0.39, 0.29) is 4.90 Å². The molecule has 0 aliphatic heterocycles. The average Bonchev–Trinajstić information content (AvgIpc) is 3.34. The minimum Gasteiger partial charge on any atom is -0.480 e. The maximum atomic E-state index is 13.0. The van der Waals surface area contributed by atoms with E-state index in [9.17, 15) is 23.6 Å². The smallest absolute Gasteiger partial charge is 0.326 e. The van der Waals surface area contributed by atoms with Crippen molar-refractivity contribution in [2.75, 3.05) is 0 Å². The fourth-order valence-electron chi connectivity index (χ4n) is 3.37. The highest BCUT2D eigenvalue weighted by atomic mass is 32.2. The van der Waals surface area contributed by atoms with Crippen LogP contribution < -0.4 is 0 Å². The zero-order chi connectivity index (χ0) is 18.2. The van der Waals surface area contributed by atoms with E-state index in [1.165, 1.54) is 12.1 Å². The van der Waals surface area contributed by atoms with Crippen LogP contribution in [0.3, 0.4) is 0 Å². The first kappa shape index (κ1) is 17.2. The Kier molecular flexibility index (Phi) is 4.13. The van der Waals surface area contributed by atoms with Gasteiger partial charge in [-0.1, -0.05) is 49.4 Å². The Morgan fingerprint density at radius 2 is 1.76 bits per heavy atom. The van der Waals surface area contributed by atoms with Gasteiger partial charge in [-0.3, -0.25) is 4.79 Å². The fourth-order valence-corrected chi connectivity index (χ4v) is 5.64. The number of benzene rings is 2. The van der Waals surface area contributed by atoms with Crippen molar-refractivity contribution in [3.05, 3.63) is 65.7 Å². The molecule has 25 heavy (non-hydrogen) atoms. The molecule has 0 aromatic heterocycles. The monoisotopic (exact) mass is 355 g/mol. The van der Waals surface area contributed by atoms with Crippen LogP contribution in [0.15, 0.2) is 59.5 Å². The third-order valence-electron chi connectivity index (χ3n) is 4.82. The Morgan fingerprint density at radius 3 is 2.24 bits per heavy atom. The van der Waals surface area contributed by atoms with Crippen molar-refractivity contribution in [1.82, 2.24) is 0 Å². The third-order valence-corrected chi connectivity index (χ3v) is 7.07. The highest BCUT2D eigenvalue weighted by Crippen LogP contribution is 2.63. The van der Waals surface area contributed by atoms with Crippen molar-refractivity contribution in [3.63, 3.8) is 0 Å². The fraction of sp³-hybridized carbons (Fsp3) is 0.263. The topological polar surface area (TPSA) is 95.2 Å². The van der Waals surface area contributed by atoms with Crippen LogP contribution >= 0.6 is 0 Å². The number of aryl methyl sites for hydroxylation is 1. The summed E-state index contributed by atoms with van der Waals surface area (Å²) in [6.07, 6.45) is 0.818. The molecule has 0 heterocycles. The lowest BCUT2D eigenvalue weighted by Gasteiger charge is -2.04. The van der Waals surface area contributed by atoms with Crippen molar-refractivity contribution in [3.8, 4) is 6.07 Å². The van der Waals surface area contributed by atoms with Crippen LogP contribution in [0, 0.1) is 16.7 Å². The van der Waals surface area contributed by atoms with Gasteiger partial charge in [0.25, 0.3) is 0 Å². The van der Waals surface area contributed by atoms with E-state index in [2.05, 4.69) is 0 Å². The Balaban J connectivity index is 2.10. The van der Waals surface area contributed by atoms with Gasteiger partial charge >= 0.3 is 5.97 Å². The quantitative estimate of drug-likeness (QED) is 0.890. The molecule has 0 unspecified atom stereocenters. The predicted molar refractivity (Wildman–Crippen MR) is 91.7 cm³/mol. The van der Waals surface area contributed by atoms with Gasteiger partial charge in [0.05, 0.1) is 11.0 Å². The summed E-state index contributed by atoms with van der Waals surface area (Å²) in [5.41, 5.74) is -0.335. The molecule has 0 spiro atoms. The Bertz CT molecular complexity index is 945. The lowest BCUT2D eigenvalue weighted by atomic mass is 9.99. The number of nitriles is 1. The molecule has 128 valence electrons. The van der Waals surface area contributed by atoms with Gasteiger partial charge in [-0.2, -0.15) is 5.26 Å². The van der Waals surface area contributed by atoms with E-state index in [4.69, 9.17) is 0 Å². The maximum absolute atomic E-state index is 13.0. The van der Waals surface area contributed by atoms with Crippen LogP contribution in [0.2, 0.25) is 0 Å². The molecule has 1 aliphatic carbocycles. The second-order valence-electron chi connectivity index (χ2n) is 6.14. The van der Waals surface area contributed by atoms with E-state index in [0.717, 1.165) is 12.0 Å². The zero-order valence-electron chi connectivity index (χ0n) is 13.6. The second-order valence-corrected chi connectivity index (χ2v) is 8.21. The molecule has 1 saturated carbocycles. The van der Waals surface area contributed by atoms with Gasteiger partial charge in [0.2, 0.25) is 0 Å². The van der Waals surface area contributed by atoms with Crippen molar-refractivity contribution >= 4 is 15.8 Å². The summed E-state index contributed by atoms with van der Waals surface area (Å²) in [4.78, 5) is 11.9. The Hall–Kier alpha value is -2.65. The van der Waals surface area contributed by atoms with Gasteiger partial charge in [-0.15, -0.1) is 0 Å². The van der Waals surface area contributed by atoms with Crippen molar-refractivity contribution in [2.45, 2.75) is 29.4 Å². The van der Waals surface area contributed by atoms with Crippen LogP contribution in [-0.4, -0.2) is 24.7 Å². The minimum absolute atomic E-state index is 0.0357. The summed E-state index contributed by atoms with van der Waals surface area (Å²) >= 11 is 0. The van der Waals surface area contributed by atoms with Crippen LogP contribution in [-0.2, 0) is 21.1 Å². The summed E-state index contributed by atoms with van der Waals surface area (Å²) in [6, 6.07) is 16.6. The van der Waals surface area contributed by atoms with Crippen LogP contribution in [0.25, 0.3) is 0 Å². The first-order valence-corrected chi connectivity index (χ1v) is 9.46. The molecule has 3 atom stereocenters. The van der Waals surface area contributed by atoms with Gasteiger partial charge in [0.15, 0.2) is 15.3 Å². The summed E-state index contributed by atoms with van der Waals surface area (Å²) in [6.45, 7) is 1.99. The molecule has 3 rings (SSSR count). The highest BCUT2D eigenvalue weighted by molar-refractivity contribution is 7.92. The number of aliphatic carboxylic acids is 1. The van der Waals surface area contributed by atoms with E-state index < -0.39 is 32.4 Å². The molecular formula is C19H17NO4S. The minimum atomic E-state index is -3.95. The number of nitrogens with zero attached hydrogens (tertiary/aromatic N) is 1. The Morgan fingerprint density at radius 1 is 1.16 bits per heavy atom. The van der Waals surface area contributed by atoms with E-state index in [1.54, 1.807) is 36.4 Å². The largest absolute Gasteiger partial charge is 0.480 e. The summed E-state index contributed by atoms with van der Waals surface area (Å²) in [5, 5.41) is 17.9. The van der Waals surface area contributed by atoms with E-state index in [0.29, 0.717) is 5.56 Å². The number of hydrogen-bond donors (Lipinski definition) is 1. The lowest BCUT2D eigenvalue weighted by molar-refractivity contribution is -0.141. The molecule has 1 fully saturated rings. The molecule has 0 saturated heterocycles. The predicted octanol–water partition coefficient (Wildman–Crippen LogP) is 2.78. The van der Waals surface area contributed by atoms with E-state index >= 15 is 0 Å². The molecule has 5 nitrogen and oxygen atoms in total. The third kappa shape index (κ3) is 2.52. The molecule has 0 amide bonds. The lowest BCUT2D eigenvalue weighted by Crippen LogP contribution is -2.22. The van der Waals surface area contributed by atoms with E-state index in [1.807, 2.05) is 19.1 Å². The highest BCUT2D eigenvalue weighted by Gasteiger charge is 2.77. The first-order chi connectivity index (χ1) is 11.9. The number of carboxylic acids is 1. The summed E-state index contributed by atoms with van der Waals surface area (Å²) < 4.78 is 25.9. The molecule has 2 aromatic carbocycles. The summed E-state index contributed by atoms with van der Waals surface area (Å²) in [5.74, 6) is -2.28. The van der Waals surface area contributed by atoms with Crippen LogP contribution in [0.4, 0.5) is 0 Å². The number of rotatable bonds is 5. The van der Waals surface area contributed by atoms with Gasteiger partial charge in [-0.25, -0.2) is 8.42 Å². The van der Waals surface area contributed by atoms with Gasteiger partial charge in [0, 0.05) is 5.92 Å². The molecule has 6 heteroatoms. The number of carbonyl (C=O) groups is 1. The van der Waals surface area contributed by atoms with Gasteiger partial charge in [-0.05, 0) is 29.7 Å². The number of carboxylic acid groups (broad SMARTS) is 1. The van der Waals surface area contributed by atoms with Gasteiger partial charge < -0.3 is 5.11 Å². The standard InChI is InChI=1S/C19H17NO4S/c1-2-13-8-10-14(11-9-13)16-17(19(16,12-20)18(21)22)25(23,24)15-6-4-3-5-7-15/h3-11,16-17H,2H2,1H3,(H,21,22)/t16-,17+,19+/m1/s1. The van der Waals surface area contributed by atoms with Crippen molar-refractivity contribution in [1.29, 1.82) is 5.26 Å². The summed E-state index contributed by atoms with van der Waals surface area (Å²) in [7, 11) is -3.95. The van der Waals surface area contributed by atoms with Crippen LogP contribution in [0.5, 0.6) is 0 Å². The number of hydrogen-bond acceptors (Lipinski definition) is 4. The molecule has 1 aliphatic rings. The zero-order valence-corrected chi connectivity index (χ0v) is 14.4. The number of sulfone groups is 1. The SMILES string of the molecule is CCc1ccc([C@@H]2[C@H](S(=O)(=O)c3ccccc3)[C@@]2(C#N)C(=O)O)cc1.